The fourth-order valence-corrected chi connectivity index (χ4v) is 4.06. The number of thioether (sulfide) groups is 1. The van der Waals surface area contributed by atoms with E-state index in [1.165, 1.54) is 36.7 Å². The van der Waals surface area contributed by atoms with Gasteiger partial charge in [0.15, 0.2) is 0 Å². The first-order valence-electron chi connectivity index (χ1n) is 12.4. The van der Waals surface area contributed by atoms with Crippen LogP contribution in [0, 0.1) is 11.8 Å². The fraction of sp³-hybridized carbons (Fsp3) is 0.233. The van der Waals surface area contributed by atoms with Gasteiger partial charge in [0.2, 0.25) is 5.91 Å². The summed E-state index contributed by atoms with van der Waals surface area (Å²) in [6.45, 7) is 1.62. The zero-order valence-electron chi connectivity index (χ0n) is 22.2. The highest BCUT2D eigenvalue weighted by Gasteiger charge is 2.29. The van der Waals surface area contributed by atoms with Gasteiger partial charge in [-0.25, -0.2) is 5.48 Å². The summed E-state index contributed by atoms with van der Waals surface area (Å²) < 4.78 is 37.3. The summed E-state index contributed by atoms with van der Waals surface area (Å²) >= 11 is -0.182. The summed E-state index contributed by atoms with van der Waals surface area (Å²) in [5, 5.41) is 26.4. The highest BCUT2D eigenvalue weighted by molar-refractivity contribution is 8.00. The van der Waals surface area contributed by atoms with Crippen LogP contribution in [0.3, 0.4) is 0 Å². The predicted molar refractivity (Wildman–Crippen MR) is 157 cm³/mol. The molecule has 0 unspecified atom stereocenters. The molecular weight excluding hydrogens is 585 g/mol. The second-order valence-electron chi connectivity index (χ2n) is 8.92. The third-order valence-corrected chi connectivity index (χ3v) is 6.34. The zero-order valence-corrected chi connectivity index (χ0v) is 23.0. The predicted octanol–water partition coefficient (Wildman–Crippen LogP) is 4.05. The van der Waals surface area contributed by atoms with E-state index >= 15 is 0 Å². The number of rotatable bonds is 10. The minimum Gasteiger partial charge on any atom is -0.391 e. The average molecular weight is 617 g/mol. The minimum absolute atomic E-state index is 0. The van der Waals surface area contributed by atoms with E-state index in [0.717, 1.165) is 5.56 Å². The van der Waals surface area contributed by atoms with Crippen LogP contribution in [0.4, 0.5) is 18.9 Å². The van der Waals surface area contributed by atoms with Gasteiger partial charge in [0, 0.05) is 33.8 Å². The van der Waals surface area contributed by atoms with Crippen LogP contribution in [0.5, 0.6) is 0 Å². The van der Waals surface area contributed by atoms with E-state index in [0.29, 0.717) is 23.4 Å². The largest absolute Gasteiger partial charge is 0.446 e. The van der Waals surface area contributed by atoms with Gasteiger partial charge >= 0.3 is 5.51 Å². The van der Waals surface area contributed by atoms with Crippen molar-refractivity contribution in [3.8, 4) is 11.8 Å². The van der Waals surface area contributed by atoms with Gasteiger partial charge in [-0.05, 0) is 84.9 Å². The molecule has 0 aliphatic carbocycles. The lowest BCUT2D eigenvalue weighted by atomic mass is 10.1. The van der Waals surface area contributed by atoms with E-state index in [2.05, 4.69) is 27.8 Å². The van der Waals surface area contributed by atoms with Gasteiger partial charge in [-0.1, -0.05) is 31.4 Å². The molecule has 0 aliphatic rings. The molecule has 3 aromatic rings. The first-order valence-corrected chi connectivity index (χ1v) is 13.3. The van der Waals surface area contributed by atoms with Crippen molar-refractivity contribution < 1.29 is 37.9 Å². The molecule has 0 heterocycles. The van der Waals surface area contributed by atoms with Crippen LogP contribution in [-0.4, -0.2) is 52.2 Å². The molecule has 43 heavy (non-hydrogen) atoms. The molecule has 0 spiro atoms. The Morgan fingerprint density at radius 1 is 0.907 bits per heavy atom. The molecule has 228 valence electrons. The van der Waals surface area contributed by atoms with Gasteiger partial charge < -0.3 is 21.1 Å². The molecule has 0 aromatic heterocycles. The van der Waals surface area contributed by atoms with Crippen molar-refractivity contribution in [1.82, 2.24) is 16.1 Å². The SMILES string of the molecule is C.C[C@@H](O)[C@H](NC(=O)c1ccc(C#Cc2ccc(NC(=O)CNCc3ccc(SC(F)(F)F)cc3)cc2)cc1)C(=O)NO. The van der Waals surface area contributed by atoms with Crippen LogP contribution >= 0.6 is 11.8 Å². The second-order valence-corrected chi connectivity index (χ2v) is 10.1. The fourth-order valence-electron chi connectivity index (χ4n) is 3.52. The number of aliphatic hydroxyl groups is 1. The lowest BCUT2D eigenvalue weighted by Gasteiger charge is -2.19. The molecule has 0 saturated heterocycles. The van der Waals surface area contributed by atoms with Crippen molar-refractivity contribution in [1.29, 1.82) is 0 Å². The number of carbonyl (C=O) groups is 3. The molecule has 0 saturated carbocycles. The third-order valence-electron chi connectivity index (χ3n) is 5.60. The molecule has 3 amide bonds. The normalized spacial score (nSPS) is 12.0. The van der Waals surface area contributed by atoms with E-state index in [9.17, 15) is 32.7 Å². The molecule has 2 atom stereocenters. The monoisotopic (exact) mass is 616 g/mol. The Balaban J connectivity index is 0.00000645. The Labute approximate surface area is 251 Å². The standard InChI is InChI=1S/C29H27F3N4O5S.CH4/c1-18(37)26(28(40)36-41)35-27(39)22-10-4-19(5-11-22)2-3-20-6-12-23(13-7-20)34-25(38)17-33-16-21-8-14-24(15-9-21)42-29(30,31)32;/h4-15,18,26,33,37,41H,16-17H2,1H3,(H,34,38)(H,35,39)(H,36,40);1H4/t18-,26+;/m1./s1. The maximum Gasteiger partial charge on any atom is 0.446 e. The number of hydrogen-bond acceptors (Lipinski definition) is 7. The van der Waals surface area contributed by atoms with Gasteiger partial charge in [-0.15, -0.1) is 0 Å². The van der Waals surface area contributed by atoms with Crippen LogP contribution in [0.2, 0.25) is 0 Å². The van der Waals surface area contributed by atoms with Gasteiger partial charge in [-0.3, -0.25) is 19.6 Å². The van der Waals surface area contributed by atoms with Crippen LogP contribution < -0.4 is 21.4 Å². The molecule has 13 heteroatoms. The van der Waals surface area contributed by atoms with E-state index in [1.807, 2.05) is 0 Å². The lowest BCUT2D eigenvalue weighted by molar-refractivity contribution is -0.133. The Hall–Kier alpha value is -4.35. The number of nitrogens with one attached hydrogen (secondary N) is 4. The van der Waals surface area contributed by atoms with E-state index in [-0.39, 0.29) is 42.1 Å². The highest BCUT2D eigenvalue weighted by Crippen LogP contribution is 2.36. The summed E-state index contributed by atoms with van der Waals surface area (Å²) in [5.74, 6) is 4.08. The smallest absolute Gasteiger partial charge is 0.391 e. The maximum absolute atomic E-state index is 12.4. The second kappa shape index (κ2) is 16.3. The zero-order chi connectivity index (χ0) is 30.7. The number of aliphatic hydroxyl groups excluding tert-OH is 1. The van der Waals surface area contributed by atoms with Crippen molar-refractivity contribution >= 4 is 35.2 Å². The number of anilines is 1. The first kappa shape index (κ1) is 34.8. The Morgan fingerprint density at radius 3 is 1.98 bits per heavy atom. The van der Waals surface area contributed by atoms with E-state index in [4.69, 9.17) is 5.21 Å². The molecule has 0 aliphatic heterocycles. The molecule has 0 radical (unpaired) electrons. The van der Waals surface area contributed by atoms with Crippen molar-refractivity contribution in [3.05, 3.63) is 95.1 Å². The number of carbonyl (C=O) groups excluding carboxylic acids is 3. The number of hydroxylamine groups is 1. The molecule has 6 N–H and O–H groups in total. The van der Waals surface area contributed by atoms with Crippen molar-refractivity contribution in [2.45, 2.75) is 43.4 Å². The number of halogens is 3. The quantitative estimate of drug-likeness (QED) is 0.0875. The average Bonchev–Trinajstić information content (AvgIpc) is 2.95. The molecule has 3 rings (SSSR count). The van der Waals surface area contributed by atoms with Crippen molar-refractivity contribution in [2.24, 2.45) is 0 Å². The number of benzene rings is 3. The Bertz CT molecular complexity index is 1440. The number of alkyl halides is 3. The van der Waals surface area contributed by atoms with Crippen molar-refractivity contribution in [2.75, 3.05) is 11.9 Å². The van der Waals surface area contributed by atoms with Gasteiger partial charge in [0.25, 0.3) is 11.8 Å². The van der Waals surface area contributed by atoms with Crippen LogP contribution in [0.15, 0.2) is 77.7 Å². The molecule has 3 aromatic carbocycles. The van der Waals surface area contributed by atoms with Crippen LogP contribution in [-0.2, 0) is 16.1 Å². The molecular formula is C30H31F3N4O5S. The van der Waals surface area contributed by atoms with Crippen LogP contribution in [0.25, 0.3) is 0 Å². The van der Waals surface area contributed by atoms with Gasteiger partial charge in [0.1, 0.15) is 6.04 Å². The van der Waals surface area contributed by atoms with Gasteiger partial charge in [0.05, 0.1) is 12.6 Å². The number of hydrogen-bond donors (Lipinski definition) is 6. The lowest BCUT2D eigenvalue weighted by Crippen LogP contribution is -2.51. The maximum atomic E-state index is 12.4. The van der Waals surface area contributed by atoms with Crippen molar-refractivity contribution in [3.63, 3.8) is 0 Å². The molecule has 0 bridgehead atoms. The Kier molecular flexibility index (Phi) is 13.2. The van der Waals surface area contributed by atoms with Crippen LogP contribution in [0.1, 0.15) is 41.4 Å². The Morgan fingerprint density at radius 2 is 1.47 bits per heavy atom. The topological polar surface area (TPSA) is 140 Å². The highest BCUT2D eigenvalue weighted by atomic mass is 32.2. The summed E-state index contributed by atoms with van der Waals surface area (Å²) in [4.78, 5) is 36.3. The molecule has 0 fully saturated rings. The summed E-state index contributed by atoms with van der Waals surface area (Å²) in [7, 11) is 0. The van der Waals surface area contributed by atoms with Gasteiger partial charge in [-0.2, -0.15) is 13.2 Å². The first-order chi connectivity index (χ1) is 19.9. The van der Waals surface area contributed by atoms with E-state index in [1.54, 1.807) is 48.5 Å². The minimum atomic E-state index is -4.34. The summed E-state index contributed by atoms with van der Waals surface area (Å²) in [5.41, 5.74) is -0.127. The number of amides is 3. The summed E-state index contributed by atoms with van der Waals surface area (Å²) in [6.07, 6.45) is -1.23. The molecule has 9 nitrogen and oxygen atoms in total. The summed E-state index contributed by atoms with van der Waals surface area (Å²) in [6, 6.07) is 17.6. The van der Waals surface area contributed by atoms with E-state index < -0.39 is 29.5 Å². The third kappa shape index (κ3) is 11.8.